The molecule has 1 aromatic rings. The summed E-state index contributed by atoms with van der Waals surface area (Å²) in [6, 6.07) is 4.91. The van der Waals surface area contributed by atoms with Crippen molar-refractivity contribution in [2.75, 3.05) is 31.5 Å². The summed E-state index contributed by atoms with van der Waals surface area (Å²) in [4.78, 5) is 36.4. The number of ether oxygens (including phenoxy) is 1. The summed E-state index contributed by atoms with van der Waals surface area (Å²) in [6.45, 7) is 1.26. The van der Waals surface area contributed by atoms with Crippen LogP contribution in [0.2, 0.25) is 0 Å². The standard InChI is InChI=1S/C16H19N3O6/c20-14-13-2-1-11(7-10(13)9-25-14)17-4-3-12-8-18(15(21)22)5-6-19(12)16(23)24/h1-2,7,12,17H,3-6,8-9H2,(H,21,22)(H,23,24)/t12-/m1/s1. The summed E-state index contributed by atoms with van der Waals surface area (Å²) in [6.07, 6.45) is -1.60. The lowest BCUT2D eigenvalue weighted by Crippen LogP contribution is -2.56. The van der Waals surface area contributed by atoms with Gasteiger partial charge in [-0.25, -0.2) is 14.4 Å². The first kappa shape index (κ1) is 16.9. The number of fused-ring (bicyclic) bond motifs is 1. The van der Waals surface area contributed by atoms with E-state index in [0.29, 0.717) is 18.5 Å². The minimum absolute atomic E-state index is 0.163. The third-order valence-corrected chi connectivity index (χ3v) is 4.49. The number of piperazine rings is 1. The molecule has 3 rings (SSSR count). The zero-order valence-corrected chi connectivity index (χ0v) is 13.5. The van der Waals surface area contributed by atoms with Crippen LogP contribution in [0.5, 0.6) is 0 Å². The summed E-state index contributed by atoms with van der Waals surface area (Å²) in [7, 11) is 0. The van der Waals surface area contributed by atoms with Crippen LogP contribution in [0.15, 0.2) is 18.2 Å². The van der Waals surface area contributed by atoms with E-state index in [1.807, 2.05) is 6.07 Å². The molecule has 2 aliphatic heterocycles. The fraction of sp³-hybridized carbons (Fsp3) is 0.438. The van der Waals surface area contributed by atoms with E-state index in [4.69, 9.17) is 9.84 Å². The Labute approximate surface area is 143 Å². The second-order valence-electron chi connectivity index (χ2n) is 6.02. The Bertz CT molecular complexity index is 707. The van der Waals surface area contributed by atoms with Gasteiger partial charge in [-0.1, -0.05) is 0 Å². The Kier molecular flexibility index (Phi) is 4.64. The third kappa shape index (κ3) is 3.59. The first-order valence-electron chi connectivity index (χ1n) is 7.97. The van der Waals surface area contributed by atoms with Crippen LogP contribution >= 0.6 is 0 Å². The molecule has 2 aliphatic rings. The number of esters is 1. The van der Waals surface area contributed by atoms with E-state index >= 15 is 0 Å². The maximum absolute atomic E-state index is 11.4. The van der Waals surface area contributed by atoms with Gasteiger partial charge in [0.15, 0.2) is 0 Å². The van der Waals surface area contributed by atoms with E-state index in [0.717, 1.165) is 11.3 Å². The maximum Gasteiger partial charge on any atom is 0.407 e. The Morgan fingerprint density at radius 3 is 2.76 bits per heavy atom. The summed E-state index contributed by atoms with van der Waals surface area (Å²) in [5.74, 6) is -0.324. The molecule has 1 atom stereocenters. The molecular weight excluding hydrogens is 330 g/mol. The molecule has 0 radical (unpaired) electrons. The van der Waals surface area contributed by atoms with Crippen LogP contribution in [0, 0.1) is 0 Å². The molecule has 25 heavy (non-hydrogen) atoms. The van der Waals surface area contributed by atoms with Crippen molar-refractivity contribution in [3.8, 4) is 0 Å². The van der Waals surface area contributed by atoms with Gasteiger partial charge in [-0.2, -0.15) is 0 Å². The number of carbonyl (C=O) groups excluding carboxylic acids is 1. The van der Waals surface area contributed by atoms with Crippen LogP contribution in [0.25, 0.3) is 0 Å². The third-order valence-electron chi connectivity index (χ3n) is 4.49. The predicted octanol–water partition coefficient (Wildman–Crippen LogP) is 1.50. The molecule has 0 bridgehead atoms. The minimum Gasteiger partial charge on any atom is -0.465 e. The van der Waals surface area contributed by atoms with E-state index in [1.165, 1.54) is 9.80 Å². The normalized spacial score (nSPS) is 19.4. The fourth-order valence-corrected chi connectivity index (χ4v) is 3.15. The summed E-state index contributed by atoms with van der Waals surface area (Å²) in [5.41, 5.74) is 2.19. The number of amides is 2. The molecule has 0 aromatic heterocycles. The van der Waals surface area contributed by atoms with Gasteiger partial charge in [0.1, 0.15) is 6.61 Å². The summed E-state index contributed by atoms with van der Waals surface area (Å²) in [5, 5.41) is 21.6. The average molecular weight is 349 g/mol. The number of anilines is 1. The molecule has 1 fully saturated rings. The van der Waals surface area contributed by atoms with E-state index in [1.54, 1.807) is 12.1 Å². The van der Waals surface area contributed by atoms with Crippen molar-refractivity contribution in [3.63, 3.8) is 0 Å². The highest BCUT2D eigenvalue weighted by molar-refractivity contribution is 5.93. The Morgan fingerprint density at radius 1 is 1.24 bits per heavy atom. The second kappa shape index (κ2) is 6.88. The Morgan fingerprint density at radius 2 is 2.04 bits per heavy atom. The van der Waals surface area contributed by atoms with Gasteiger partial charge >= 0.3 is 18.2 Å². The molecule has 1 saturated heterocycles. The van der Waals surface area contributed by atoms with E-state index in [-0.39, 0.29) is 32.2 Å². The van der Waals surface area contributed by atoms with Crippen LogP contribution in [-0.2, 0) is 11.3 Å². The largest absolute Gasteiger partial charge is 0.465 e. The number of rotatable bonds is 4. The van der Waals surface area contributed by atoms with Crippen LogP contribution < -0.4 is 5.32 Å². The number of nitrogens with one attached hydrogen (secondary N) is 1. The number of benzene rings is 1. The van der Waals surface area contributed by atoms with E-state index in [9.17, 15) is 19.5 Å². The summed E-state index contributed by atoms with van der Waals surface area (Å²) >= 11 is 0. The van der Waals surface area contributed by atoms with Gasteiger partial charge in [0.2, 0.25) is 0 Å². The van der Waals surface area contributed by atoms with Gasteiger partial charge in [0.05, 0.1) is 11.6 Å². The average Bonchev–Trinajstić information content (AvgIpc) is 2.95. The van der Waals surface area contributed by atoms with Gasteiger partial charge in [-0.05, 0) is 24.6 Å². The molecule has 2 heterocycles. The molecule has 0 unspecified atom stereocenters. The Balaban J connectivity index is 1.58. The van der Waals surface area contributed by atoms with Gasteiger partial charge < -0.3 is 30.1 Å². The maximum atomic E-state index is 11.4. The summed E-state index contributed by atoms with van der Waals surface area (Å²) < 4.78 is 4.95. The number of nitrogens with zero attached hydrogens (tertiary/aromatic N) is 2. The lowest BCUT2D eigenvalue weighted by molar-refractivity contribution is 0.0535. The zero-order chi connectivity index (χ0) is 18.0. The van der Waals surface area contributed by atoms with Crippen molar-refractivity contribution >= 4 is 23.8 Å². The highest BCUT2D eigenvalue weighted by atomic mass is 16.5. The molecule has 9 nitrogen and oxygen atoms in total. The topological polar surface area (TPSA) is 119 Å². The zero-order valence-electron chi connectivity index (χ0n) is 13.5. The van der Waals surface area contributed by atoms with Crippen molar-refractivity contribution in [2.24, 2.45) is 0 Å². The lowest BCUT2D eigenvalue weighted by atomic mass is 10.1. The quantitative estimate of drug-likeness (QED) is 0.705. The predicted molar refractivity (Wildman–Crippen MR) is 86.8 cm³/mol. The van der Waals surface area contributed by atoms with Crippen molar-refractivity contribution < 1.29 is 29.3 Å². The lowest BCUT2D eigenvalue weighted by Gasteiger charge is -2.38. The van der Waals surface area contributed by atoms with Crippen LogP contribution in [0.1, 0.15) is 22.3 Å². The number of carboxylic acid groups (broad SMARTS) is 2. The van der Waals surface area contributed by atoms with Gasteiger partial charge in [0, 0.05) is 37.4 Å². The van der Waals surface area contributed by atoms with E-state index in [2.05, 4.69) is 5.32 Å². The molecule has 134 valence electrons. The molecule has 2 amide bonds. The van der Waals surface area contributed by atoms with Crippen molar-refractivity contribution in [2.45, 2.75) is 19.1 Å². The molecule has 0 saturated carbocycles. The molecule has 9 heteroatoms. The van der Waals surface area contributed by atoms with E-state index < -0.39 is 18.2 Å². The first-order chi connectivity index (χ1) is 12.0. The van der Waals surface area contributed by atoms with Crippen molar-refractivity contribution in [1.29, 1.82) is 0 Å². The van der Waals surface area contributed by atoms with Gasteiger partial charge in [-0.15, -0.1) is 0 Å². The fourth-order valence-electron chi connectivity index (χ4n) is 3.15. The number of carbonyl (C=O) groups is 3. The molecule has 1 aromatic carbocycles. The second-order valence-corrected chi connectivity index (χ2v) is 6.02. The number of hydrogen-bond donors (Lipinski definition) is 3. The monoisotopic (exact) mass is 349 g/mol. The SMILES string of the molecule is O=C1OCc2cc(NCC[C@@H]3CN(C(=O)O)CCN3C(=O)O)ccc21. The molecule has 0 spiro atoms. The molecule has 3 N–H and O–H groups in total. The highest BCUT2D eigenvalue weighted by Crippen LogP contribution is 2.23. The first-order valence-corrected chi connectivity index (χ1v) is 7.97. The van der Waals surface area contributed by atoms with Crippen LogP contribution in [0.3, 0.4) is 0 Å². The van der Waals surface area contributed by atoms with Gasteiger partial charge in [0.25, 0.3) is 0 Å². The molecule has 0 aliphatic carbocycles. The van der Waals surface area contributed by atoms with Gasteiger partial charge in [-0.3, -0.25) is 0 Å². The van der Waals surface area contributed by atoms with Crippen molar-refractivity contribution in [3.05, 3.63) is 29.3 Å². The highest BCUT2D eigenvalue weighted by Gasteiger charge is 2.32. The molecular formula is C16H19N3O6. The van der Waals surface area contributed by atoms with Crippen molar-refractivity contribution in [1.82, 2.24) is 9.80 Å². The minimum atomic E-state index is -1.04. The Hall–Kier alpha value is -2.97. The smallest absolute Gasteiger partial charge is 0.407 e. The van der Waals surface area contributed by atoms with Crippen LogP contribution in [0.4, 0.5) is 15.3 Å². The van der Waals surface area contributed by atoms with Crippen LogP contribution in [-0.4, -0.2) is 70.4 Å². The number of cyclic esters (lactones) is 1. The number of hydrogen-bond acceptors (Lipinski definition) is 5.